The van der Waals surface area contributed by atoms with Gasteiger partial charge >= 0.3 is 0 Å². The fraction of sp³-hybridized carbons (Fsp3) is 0.231. The van der Waals surface area contributed by atoms with Crippen molar-refractivity contribution in [3.05, 3.63) is 52.0 Å². The standard InChI is InChI=1S/C13H12F2N2OS/c1-17(5-10-7-19-8-16-10)6-13(18)11-3-2-9(14)4-12(11)15/h2-4,7-8H,5-6H2,1H3. The van der Waals surface area contributed by atoms with Crippen molar-refractivity contribution in [3.63, 3.8) is 0 Å². The lowest BCUT2D eigenvalue weighted by Gasteiger charge is -2.14. The summed E-state index contributed by atoms with van der Waals surface area (Å²) >= 11 is 1.48. The Morgan fingerprint density at radius 2 is 2.21 bits per heavy atom. The van der Waals surface area contributed by atoms with Crippen LogP contribution in [0.25, 0.3) is 0 Å². The van der Waals surface area contributed by atoms with E-state index in [9.17, 15) is 13.6 Å². The molecule has 3 nitrogen and oxygen atoms in total. The molecule has 0 bridgehead atoms. The van der Waals surface area contributed by atoms with E-state index < -0.39 is 11.6 Å². The number of thiazole rings is 1. The van der Waals surface area contributed by atoms with Crippen molar-refractivity contribution < 1.29 is 13.6 Å². The summed E-state index contributed by atoms with van der Waals surface area (Å²) in [4.78, 5) is 17.7. The molecule has 0 aliphatic rings. The van der Waals surface area contributed by atoms with Crippen LogP contribution in [-0.2, 0) is 6.54 Å². The van der Waals surface area contributed by atoms with E-state index in [1.54, 1.807) is 17.5 Å². The summed E-state index contributed by atoms with van der Waals surface area (Å²) < 4.78 is 26.2. The number of hydrogen-bond donors (Lipinski definition) is 0. The molecule has 1 aromatic carbocycles. The fourth-order valence-corrected chi connectivity index (χ4v) is 2.24. The Labute approximate surface area is 113 Å². The molecule has 6 heteroatoms. The molecule has 0 saturated carbocycles. The van der Waals surface area contributed by atoms with E-state index in [1.807, 2.05) is 5.38 Å². The first-order chi connectivity index (χ1) is 9.06. The molecular formula is C13H12F2N2OS. The maximum Gasteiger partial charge on any atom is 0.179 e. The summed E-state index contributed by atoms with van der Waals surface area (Å²) in [5, 5.41) is 1.89. The van der Waals surface area contributed by atoms with Crippen LogP contribution in [0.15, 0.2) is 29.1 Å². The van der Waals surface area contributed by atoms with Crippen LogP contribution in [0.3, 0.4) is 0 Å². The number of ketones is 1. The van der Waals surface area contributed by atoms with Gasteiger partial charge in [0.25, 0.3) is 0 Å². The van der Waals surface area contributed by atoms with Crippen molar-refractivity contribution in [2.75, 3.05) is 13.6 Å². The average Bonchev–Trinajstić information content (AvgIpc) is 2.81. The maximum absolute atomic E-state index is 13.4. The van der Waals surface area contributed by atoms with E-state index in [0.29, 0.717) is 12.6 Å². The zero-order valence-electron chi connectivity index (χ0n) is 10.3. The largest absolute Gasteiger partial charge is 0.293 e. The van der Waals surface area contributed by atoms with Crippen molar-refractivity contribution in [2.24, 2.45) is 0 Å². The number of Topliss-reactive ketones (excluding diaryl/α,β-unsaturated/α-hetero) is 1. The number of nitrogens with zero attached hydrogens (tertiary/aromatic N) is 2. The molecule has 19 heavy (non-hydrogen) atoms. The molecule has 0 spiro atoms. The number of carbonyl (C=O) groups excluding carboxylic acids is 1. The maximum atomic E-state index is 13.4. The highest BCUT2D eigenvalue weighted by Gasteiger charge is 2.15. The zero-order valence-corrected chi connectivity index (χ0v) is 11.1. The molecule has 2 rings (SSSR count). The van der Waals surface area contributed by atoms with Gasteiger partial charge in [0.2, 0.25) is 0 Å². The van der Waals surface area contributed by atoms with Crippen LogP contribution in [0.2, 0.25) is 0 Å². The molecule has 0 N–H and O–H groups in total. The van der Waals surface area contributed by atoms with Crippen LogP contribution in [-0.4, -0.2) is 29.3 Å². The van der Waals surface area contributed by atoms with Gasteiger partial charge in [0.05, 0.1) is 23.3 Å². The first-order valence-corrected chi connectivity index (χ1v) is 6.54. The topological polar surface area (TPSA) is 33.2 Å². The second kappa shape index (κ2) is 5.99. The molecule has 0 radical (unpaired) electrons. The molecular weight excluding hydrogens is 270 g/mol. The minimum absolute atomic E-state index is 0.0556. The highest BCUT2D eigenvalue weighted by Crippen LogP contribution is 2.11. The fourth-order valence-electron chi connectivity index (χ4n) is 1.69. The van der Waals surface area contributed by atoms with E-state index >= 15 is 0 Å². The van der Waals surface area contributed by atoms with E-state index in [1.165, 1.54) is 17.4 Å². The second-order valence-corrected chi connectivity index (χ2v) is 4.92. The summed E-state index contributed by atoms with van der Waals surface area (Å²) in [6.07, 6.45) is 0. The molecule has 0 unspecified atom stereocenters. The van der Waals surface area contributed by atoms with Crippen molar-refractivity contribution in [3.8, 4) is 0 Å². The normalized spacial score (nSPS) is 10.9. The van der Waals surface area contributed by atoms with Crippen LogP contribution >= 0.6 is 11.3 Å². The molecule has 0 fully saturated rings. The third-order valence-corrected chi connectivity index (χ3v) is 3.20. The predicted molar refractivity (Wildman–Crippen MR) is 69.1 cm³/mol. The quantitative estimate of drug-likeness (QED) is 0.791. The average molecular weight is 282 g/mol. The lowest BCUT2D eigenvalue weighted by Crippen LogP contribution is -2.26. The molecule has 0 aliphatic heterocycles. The monoisotopic (exact) mass is 282 g/mol. The number of likely N-dealkylation sites (N-methyl/N-ethyl adjacent to an activating group) is 1. The van der Waals surface area contributed by atoms with Gasteiger partial charge in [-0.15, -0.1) is 11.3 Å². The van der Waals surface area contributed by atoms with Crippen LogP contribution in [0, 0.1) is 11.6 Å². The molecule has 0 atom stereocenters. The van der Waals surface area contributed by atoms with Crippen molar-refractivity contribution in [2.45, 2.75) is 6.54 Å². The summed E-state index contributed by atoms with van der Waals surface area (Å²) in [6, 6.07) is 2.97. The number of halogens is 2. The van der Waals surface area contributed by atoms with Gasteiger partial charge < -0.3 is 0 Å². The Kier molecular flexibility index (Phi) is 4.34. The van der Waals surface area contributed by atoms with E-state index in [0.717, 1.165) is 11.8 Å². The third-order valence-electron chi connectivity index (χ3n) is 2.56. The number of rotatable bonds is 5. The smallest absolute Gasteiger partial charge is 0.179 e. The molecule has 1 aromatic heterocycles. The van der Waals surface area contributed by atoms with Crippen LogP contribution in [0.5, 0.6) is 0 Å². The van der Waals surface area contributed by atoms with Gasteiger partial charge in [0.15, 0.2) is 5.78 Å². The summed E-state index contributed by atoms with van der Waals surface area (Å²) in [6.45, 7) is 0.568. The minimum Gasteiger partial charge on any atom is -0.293 e. The lowest BCUT2D eigenvalue weighted by molar-refractivity contribution is 0.0938. The number of carbonyl (C=O) groups is 1. The Balaban J connectivity index is 2.00. The van der Waals surface area contributed by atoms with Crippen molar-refractivity contribution in [1.82, 2.24) is 9.88 Å². The molecule has 0 amide bonds. The van der Waals surface area contributed by atoms with Gasteiger partial charge in [-0.25, -0.2) is 13.8 Å². The third kappa shape index (κ3) is 3.65. The van der Waals surface area contributed by atoms with E-state index in [2.05, 4.69) is 4.98 Å². The number of aromatic nitrogens is 1. The highest BCUT2D eigenvalue weighted by molar-refractivity contribution is 7.07. The Bertz CT molecular complexity index is 572. The summed E-state index contributed by atoms with van der Waals surface area (Å²) in [7, 11) is 1.75. The summed E-state index contributed by atoms with van der Waals surface area (Å²) in [5.74, 6) is -1.90. The minimum atomic E-state index is -0.827. The first-order valence-electron chi connectivity index (χ1n) is 5.60. The van der Waals surface area contributed by atoms with Gasteiger partial charge in [-0.3, -0.25) is 9.69 Å². The van der Waals surface area contributed by atoms with E-state index in [-0.39, 0.29) is 17.9 Å². The first kappa shape index (κ1) is 13.8. The van der Waals surface area contributed by atoms with Crippen LogP contribution in [0.4, 0.5) is 8.78 Å². The van der Waals surface area contributed by atoms with Gasteiger partial charge in [0.1, 0.15) is 11.6 Å². The van der Waals surface area contributed by atoms with Gasteiger partial charge in [0, 0.05) is 18.0 Å². The molecule has 1 heterocycles. The van der Waals surface area contributed by atoms with Crippen LogP contribution in [0.1, 0.15) is 16.1 Å². The van der Waals surface area contributed by atoms with Gasteiger partial charge in [-0.05, 0) is 19.2 Å². The molecule has 0 saturated heterocycles. The molecule has 100 valence electrons. The Hall–Kier alpha value is -1.66. The van der Waals surface area contributed by atoms with Crippen LogP contribution < -0.4 is 0 Å². The number of hydrogen-bond acceptors (Lipinski definition) is 4. The van der Waals surface area contributed by atoms with Crippen molar-refractivity contribution >= 4 is 17.1 Å². The lowest BCUT2D eigenvalue weighted by atomic mass is 10.1. The molecule has 0 aliphatic carbocycles. The van der Waals surface area contributed by atoms with Gasteiger partial charge in [-0.2, -0.15) is 0 Å². The number of benzene rings is 1. The Morgan fingerprint density at radius 3 is 2.84 bits per heavy atom. The van der Waals surface area contributed by atoms with E-state index in [4.69, 9.17) is 0 Å². The molecule has 2 aromatic rings. The summed E-state index contributed by atoms with van der Waals surface area (Å²) in [5.41, 5.74) is 2.48. The highest BCUT2D eigenvalue weighted by atomic mass is 32.1. The van der Waals surface area contributed by atoms with Gasteiger partial charge in [-0.1, -0.05) is 0 Å². The Morgan fingerprint density at radius 1 is 1.42 bits per heavy atom. The zero-order chi connectivity index (χ0) is 13.8. The SMILES string of the molecule is CN(CC(=O)c1ccc(F)cc1F)Cc1cscn1. The second-order valence-electron chi connectivity index (χ2n) is 4.20. The van der Waals surface area contributed by atoms with Crippen molar-refractivity contribution in [1.29, 1.82) is 0 Å². The predicted octanol–water partition coefficient (Wildman–Crippen LogP) is 2.74.